The summed E-state index contributed by atoms with van der Waals surface area (Å²) in [5, 5.41) is 0. The summed E-state index contributed by atoms with van der Waals surface area (Å²) in [6, 6.07) is 9.85. The maximum Gasteiger partial charge on any atom is 0.306 e. The van der Waals surface area contributed by atoms with Crippen molar-refractivity contribution in [1.82, 2.24) is 0 Å². The van der Waals surface area contributed by atoms with Crippen LogP contribution in [0.3, 0.4) is 0 Å². The number of benzene rings is 1. The van der Waals surface area contributed by atoms with Crippen LogP contribution in [-0.2, 0) is 16.1 Å². The van der Waals surface area contributed by atoms with Crippen molar-refractivity contribution in [1.29, 1.82) is 0 Å². The molecule has 0 N–H and O–H groups in total. The third-order valence-corrected chi connectivity index (χ3v) is 4.16. The fraction of sp³-hybridized carbons (Fsp3) is 0.500. The quantitative estimate of drug-likeness (QED) is 0.563. The van der Waals surface area contributed by atoms with Crippen molar-refractivity contribution in [2.24, 2.45) is 11.8 Å². The summed E-state index contributed by atoms with van der Waals surface area (Å²) in [6.07, 6.45) is 8.46. The van der Waals surface area contributed by atoms with E-state index in [0.717, 1.165) is 30.7 Å². The highest BCUT2D eigenvalue weighted by Crippen LogP contribution is 2.32. The highest BCUT2D eigenvalue weighted by molar-refractivity contribution is 5.69. The molecular weight excluding hydrogens is 248 g/mol. The van der Waals surface area contributed by atoms with Crippen molar-refractivity contribution < 1.29 is 9.53 Å². The van der Waals surface area contributed by atoms with Gasteiger partial charge in [-0.1, -0.05) is 36.4 Å². The summed E-state index contributed by atoms with van der Waals surface area (Å²) in [6.45, 7) is 4.20. The second kappa shape index (κ2) is 7.88. The third-order valence-electron chi connectivity index (χ3n) is 4.16. The fourth-order valence-corrected chi connectivity index (χ4v) is 2.94. The Morgan fingerprint density at radius 3 is 2.45 bits per heavy atom. The monoisotopic (exact) mass is 272 g/mol. The molecule has 0 heterocycles. The lowest BCUT2D eigenvalue weighted by atomic mass is 9.79. The zero-order valence-electron chi connectivity index (χ0n) is 12.1. The van der Waals surface area contributed by atoms with Gasteiger partial charge in [-0.2, -0.15) is 0 Å². The molecule has 1 aromatic rings. The SMILES string of the molecule is C=CCC1CCC(CC(=O)OCc2ccccc2)CC1. The Balaban J connectivity index is 1.66. The minimum atomic E-state index is -0.0546. The fourth-order valence-electron chi connectivity index (χ4n) is 2.94. The van der Waals surface area contributed by atoms with E-state index in [1.54, 1.807) is 0 Å². The van der Waals surface area contributed by atoms with Crippen LogP contribution in [0.5, 0.6) is 0 Å². The molecule has 1 aromatic carbocycles. The van der Waals surface area contributed by atoms with E-state index in [1.807, 2.05) is 36.4 Å². The maximum absolute atomic E-state index is 11.9. The summed E-state index contributed by atoms with van der Waals surface area (Å²) < 4.78 is 5.35. The van der Waals surface area contributed by atoms with Crippen molar-refractivity contribution in [3.63, 3.8) is 0 Å². The topological polar surface area (TPSA) is 26.3 Å². The summed E-state index contributed by atoms with van der Waals surface area (Å²) in [5.41, 5.74) is 1.05. The summed E-state index contributed by atoms with van der Waals surface area (Å²) in [4.78, 5) is 11.9. The van der Waals surface area contributed by atoms with Crippen molar-refractivity contribution in [2.45, 2.75) is 45.1 Å². The van der Waals surface area contributed by atoms with E-state index < -0.39 is 0 Å². The van der Waals surface area contributed by atoms with Gasteiger partial charge in [0.1, 0.15) is 6.61 Å². The Kier molecular flexibility index (Phi) is 5.85. The van der Waals surface area contributed by atoms with E-state index in [1.165, 1.54) is 12.8 Å². The van der Waals surface area contributed by atoms with Crippen LogP contribution in [0.25, 0.3) is 0 Å². The van der Waals surface area contributed by atoms with Gasteiger partial charge in [-0.3, -0.25) is 4.79 Å². The van der Waals surface area contributed by atoms with Crippen LogP contribution in [0.15, 0.2) is 43.0 Å². The van der Waals surface area contributed by atoms with Gasteiger partial charge in [0.25, 0.3) is 0 Å². The van der Waals surface area contributed by atoms with Gasteiger partial charge >= 0.3 is 5.97 Å². The van der Waals surface area contributed by atoms with Crippen LogP contribution < -0.4 is 0 Å². The summed E-state index contributed by atoms with van der Waals surface area (Å²) in [5.74, 6) is 1.24. The highest BCUT2D eigenvalue weighted by atomic mass is 16.5. The number of carbonyl (C=O) groups excluding carboxylic acids is 1. The van der Waals surface area contributed by atoms with E-state index in [2.05, 4.69) is 6.58 Å². The van der Waals surface area contributed by atoms with Gasteiger partial charge in [0, 0.05) is 6.42 Å². The molecule has 20 heavy (non-hydrogen) atoms. The first-order chi connectivity index (χ1) is 9.78. The molecule has 2 heteroatoms. The third kappa shape index (κ3) is 4.84. The van der Waals surface area contributed by atoms with Crippen molar-refractivity contribution in [3.8, 4) is 0 Å². The van der Waals surface area contributed by atoms with Gasteiger partial charge in [0.05, 0.1) is 0 Å². The zero-order valence-corrected chi connectivity index (χ0v) is 12.1. The van der Waals surface area contributed by atoms with Gasteiger partial charge in [0.15, 0.2) is 0 Å². The van der Waals surface area contributed by atoms with Crippen LogP contribution in [-0.4, -0.2) is 5.97 Å². The van der Waals surface area contributed by atoms with Gasteiger partial charge in [-0.15, -0.1) is 6.58 Å². The maximum atomic E-state index is 11.9. The number of esters is 1. The standard InChI is InChI=1S/C18H24O2/c1-2-6-15-9-11-16(12-10-15)13-18(19)20-14-17-7-4-3-5-8-17/h2-5,7-8,15-16H,1,6,9-14H2. The molecule has 1 saturated carbocycles. The highest BCUT2D eigenvalue weighted by Gasteiger charge is 2.22. The number of allylic oxidation sites excluding steroid dienone is 1. The number of hydrogen-bond acceptors (Lipinski definition) is 2. The lowest BCUT2D eigenvalue weighted by Gasteiger charge is -2.27. The minimum Gasteiger partial charge on any atom is -0.461 e. The lowest BCUT2D eigenvalue weighted by molar-refractivity contribution is -0.146. The van der Waals surface area contributed by atoms with Crippen LogP contribution in [0.4, 0.5) is 0 Å². The van der Waals surface area contributed by atoms with Crippen LogP contribution in [0, 0.1) is 11.8 Å². The molecule has 0 radical (unpaired) electrons. The molecule has 2 rings (SSSR count). The second-order valence-corrected chi connectivity index (χ2v) is 5.76. The molecule has 1 aliphatic carbocycles. The van der Waals surface area contributed by atoms with Crippen molar-refractivity contribution in [2.75, 3.05) is 0 Å². The first kappa shape index (κ1) is 14.8. The molecule has 0 bridgehead atoms. The van der Waals surface area contributed by atoms with E-state index in [0.29, 0.717) is 18.9 Å². The predicted molar refractivity (Wildman–Crippen MR) is 81.1 cm³/mol. The molecule has 0 saturated heterocycles. The van der Waals surface area contributed by atoms with Gasteiger partial charge in [-0.05, 0) is 49.5 Å². The Hall–Kier alpha value is -1.57. The van der Waals surface area contributed by atoms with Crippen molar-refractivity contribution >= 4 is 5.97 Å². The predicted octanol–water partition coefficient (Wildman–Crippen LogP) is 4.50. The molecule has 0 atom stereocenters. The van der Waals surface area contributed by atoms with Crippen LogP contribution in [0.1, 0.15) is 44.1 Å². The number of hydrogen-bond donors (Lipinski definition) is 0. The van der Waals surface area contributed by atoms with Crippen molar-refractivity contribution in [3.05, 3.63) is 48.6 Å². The summed E-state index contributed by atoms with van der Waals surface area (Å²) in [7, 11) is 0. The first-order valence-corrected chi connectivity index (χ1v) is 7.58. The molecule has 0 aliphatic heterocycles. The lowest BCUT2D eigenvalue weighted by Crippen LogP contribution is -2.18. The molecule has 1 aliphatic rings. The van der Waals surface area contributed by atoms with E-state index >= 15 is 0 Å². The zero-order chi connectivity index (χ0) is 14.2. The van der Waals surface area contributed by atoms with Gasteiger partial charge in [-0.25, -0.2) is 0 Å². The number of carbonyl (C=O) groups is 1. The average Bonchev–Trinajstić information content (AvgIpc) is 2.49. The normalized spacial score (nSPS) is 22.2. The molecule has 2 nitrogen and oxygen atoms in total. The minimum absolute atomic E-state index is 0.0546. The molecule has 0 spiro atoms. The summed E-state index contributed by atoms with van der Waals surface area (Å²) >= 11 is 0. The molecule has 0 unspecified atom stereocenters. The second-order valence-electron chi connectivity index (χ2n) is 5.76. The Morgan fingerprint density at radius 1 is 1.15 bits per heavy atom. The van der Waals surface area contributed by atoms with Crippen LogP contribution >= 0.6 is 0 Å². The Bertz CT molecular complexity index is 416. The van der Waals surface area contributed by atoms with E-state index in [-0.39, 0.29) is 5.97 Å². The van der Waals surface area contributed by atoms with E-state index in [4.69, 9.17) is 4.74 Å². The average molecular weight is 272 g/mol. The van der Waals surface area contributed by atoms with Gasteiger partial charge < -0.3 is 4.74 Å². The molecule has 1 fully saturated rings. The first-order valence-electron chi connectivity index (χ1n) is 7.58. The molecular formula is C18H24O2. The molecule has 108 valence electrons. The van der Waals surface area contributed by atoms with Gasteiger partial charge in [0.2, 0.25) is 0 Å². The van der Waals surface area contributed by atoms with Crippen LogP contribution in [0.2, 0.25) is 0 Å². The number of ether oxygens (including phenoxy) is 1. The number of rotatable bonds is 6. The van der Waals surface area contributed by atoms with E-state index in [9.17, 15) is 4.79 Å². The molecule has 0 amide bonds. The largest absolute Gasteiger partial charge is 0.461 e. The smallest absolute Gasteiger partial charge is 0.306 e. The Labute approximate surface area is 121 Å². The Morgan fingerprint density at radius 2 is 1.80 bits per heavy atom. The molecule has 0 aromatic heterocycles.